The SMILES string of the molecule is CC(NC(=O)c1cc(N)c[nH]1)c1cccc2ccccc12. The minimum absolute atomic E-state index is 0.0897. The van der Waals surface area contributed by atoms with Crippen LogP contribution in [0.2, 0.25) is 0 Å². The highest BCUT2D eigenvalue weighted by Gasteiger charge is 2.14. The number of aromatic nitrogens is 1. The molecule has 0 saturated carbocycles. The summed E-state index contributed by atoms with van der Waals surface area (Å²) in [5, 5.41) is 5.31. The molecular weight excluding hydrogens is 262 g/mol. The summed E-state index contributed by atoms with van der Waals surface area (Å²) in [6.07, 6.45) is 1.61. The van der Waals surface area contributed by atoms with Crippen molar-refractivity contribution in [1.29, 1.82) is 0 Å². The number of amides is 1. The van der Waals surface area contributed by atoms with Crippen LogP contribution >= 0.6 is 0 Å². The van der Waals surface area contributed by atoms with E-state index in [-0.39, 0.29) is 11.9 Å². The van der Waals surface area contributed by atoms with Gasteiger partial charge in [-0.25, -0.2) is 0 Å². The minimum atomic E-state index is -0.160. The van der Waals surface area contributed by atoms with Crippen LogP contribution in [-0.4, -0.2) is 10.9 Å². The maximum Gasteiger partial charge on any atom is 0.268 e. The number of anilines is 1. The Balaban J connectivity index is 1.87. The fraction of sp³-hybridized carbons (Fsp3) is 0.118. The second-order valence-corrected chi connectivity index (χ2v) is 5.11. The molecule has 1 atom stereocenters. The van der Waals surface area contributed by atoms with Crippen molar-refractivity contribution in [2.24, 2.45) is 0 Å². The fourth-order valence-corrected chi connectivity index (χ4v) is 2.52. The molecule has 4 nitrogen and oxygen atoms in total. The summed E-state index contributed by atoms with van der Waals surface area (Å²) in [5.74, 6) is -0.160. The molecule has 2 aromatic carbocycles. The first kappa shape index (κ1) is 13.2. The third kappa shape index (κ3) is 2.60. The van der Waals surface area contributed by atoms with E-state index in [0.717, 1.165) is 10.9 Å². The number of H-pyrrole nitrogens is 1. The predicted octanol–water partition coefficient (Wildman–Crippen LogP) is 3.24. The molecule has 0 saturated heterocycles. The highest BCUT2D eigenvalue weighted by molar-refractivity contribution is 5.94. The van der Waals surface area contributed by atoms with Gasteiger partial charge in [0, 0.05) is 11.9 Å². The van der Waals surface area contributed by atoms with E-state index >= 15 is 0 Å². The summed E-state index contributed by atoms with van der Waals surface area (Å²) in [4.78, 5) is 15.0. The zero-order valence-electron chi connectivity index (χ0n) is 11.8. The van der Waals surface area contributed by atoms with Crippen LogP contribution in [0.4, 0.5) is 5.69 Å². The van der Waals surface area contributed by atoms with Gasteiger partial charge >= 0.3 is 0 Å². The lowest BCUT2D eigenvalue weighted by atomic mass is 9.99. The van der Waals surface area contributed by atoms with Gasteiger partial charge in [-0.3, -0.25) is 4.79 Å². The van der Waals surface area contributed by atoms with E-state index in [9.17, 15) is 4.79 Å². The third-order valence-electron chi connectivity index (χ3n) is 3.59. The highest BCUT2D eigenvalue weighted by Crippen LogP contribution is 2.24. The molecular formula is C17H17N3O. The van der Waals surface area contributed by atoms with E-state index in [1.807, 2.05) is 31.2 Å². The van der Waals surface area contributed by atoms with Gasteiger partial charge in [-0.05, 0) is 29.3 Å². The van der Waals surface area contributed by atoms with E-state index in [0.29, 0.717) is 11.4 Å². The Labute approximate surface area is 123 Å². The molecule has 106 valence electrons. The van der Waals surface area contributed by atoms with Crippen LogP contribution in [0.25, 0.3) is 10.8 Å². The van der Waals surface area contributed by atoms with Crippen molar-refractivity contribution in [2.45, 2.75) is 13.0 Å². The van der Waals surface area contributed by atoms with Crippen LogP contribution in [-0.2, 0) is 0 Å². The first-order valence-electron chi connectivity index (χ1n) is 6.87. The van der Waals surface area contributed by atoms with E-state index in [2.05, 4.69) is 28.5 Å². The number of hydrogen-bond donors (Lipinski definition) is 3. The number of carbonyl (C=O) groups is 1. The highest BCUT2D eigenvalue weighted by atomic mass is 16.1. The number of nitrogens with two attached hydrogens (primary N) is 1. The molecule has 0 bridgehead atoms. The van der Waals surface area contributed by atoms with Crippen molar-refractivity contribution in [3.8, 4) is 0 Å². The average molecular weight is 279 g/mol. The van der Waals surface area contributed by atoms with Crippen LogP contribution in [0.5, 0.6) is 0 Å². The lowest BCUT2D eigenvalue weighted by Gasteiger charge is -2.16. The smallest absolute Gasteiger partial charge is 0.268 e. The van der Waals surface area contributed by atoms with Crippen molar-refractivity contribution in [2.75, 3.05) is 5.73 Å². The maximum atomic E-state index is 12.2. The fourth-order valence-electron chi connectivity index (χ4n) is 2.52. The van der Waals surface area contributed by atoms with Gasteiger partial charge in [0.15, 0.2) is 0 Å². The largest absolute Gasteiger partial charge is 0.397 e. The van der Waals surface area contributed by atoms with Crippen LogP contribution in [0.1, 0.15) is 29.0 Å². The zero-order valence-corrected chi connectivity index (χ0v) is 11.8. The number of benzene rings is 2. The normalized spacial score (nSPS) is 12.2. The molecule has 3 aromatic rings. The number of rotatable bonds is 3. The van der Waals surface area contributed by atoms with Gasteiger partial charge in [0.1, 0.15) is 5.69 Å². The van der Waals surface area contributed by atoms with Crippen molar-refractivity contribution in [3.05, 3.63) is 66.0 Å². The Kier molecular flexibility index (Phi) is 3.36. The Morgan fingerprint density at radius 2 is 1.95 bits per heavy atom. The van der Waals surface area contributed by atoms with Crippen molar-refractivity contribution in [1.82, 2.24) is 10.3 Å². The summed E-state index contributed by atoms with van der Waals surface area (Å²) in [6, 6.07) is 15.8. The number of hydrogen-bond acceptors (Lipinski definition) is 2. The van der Waals surface area contributed by atoms with Crippen LogP contribution in [0, 0.1) is 0 Å². The summed E-state index contributed by atoms with van der Waals surface area (Å²) in [5.41, 5.74) is 7.75. The summed E-state index contributed by atoms with van der Waals surface area (Å²) in [6.45, 7) is 1.98. The minimum Gasteiger partial charge on any atom is -0.397 e. The predicted molar refractivity (Wildman–Crippen MR) is 85.0 cm³/mol. The molecule has 0 radical (unpaired) electrons. The Morgan fingerprint density at radius 1 is 1.19 bits per heavy atom. The maximum absolute atomic E-state index is 12.2. The third-order valence-corrected chi connectivity index (χ3v) is 3.59. The van der Waals surface area contributed by atoms with E-state index < -0.39 is 0 Å². The molecule has 0 fully saturated rings. The second-order valence-electron chi connectivity index (χ2n) is 5.11. The van der Waals surface area contributed by atoms with Crippen LogP contribution in [0.3, 0.4) is 0 Å². The lowest BCUT2D eigenvalue weighted by molar-refractivity contribution is 0.0935. The number of nitrogen functional groups attached to an aromatic ring is 1. The van der Waals surface area contributed by atoms with Gasteiger partial charge in [-0.15, -0.1) is 0 Å². The van der Waals surface area contributed by atoms with Crippen molar-refractivity contribution < 1.29 is 4.79 Å². The molecule has 1 aromatic heterocycles. The molecule has 21 heavy (non-hydrogen) atoms. The standard InChI is InChI=1S/C17H17N3O/c1-11(20-17(21)16-9-13(18)10-19-16)14-8-4-6-12-5-2-3-7-15(12)14/h2-11,19H,18H2,1H3,(H,20,21). The number of carbonyl (C=O) groups excluding carboxylic acids is 1. The number of fused-ring (bicyclic) bond motifs is 1. The van der Waals surface area contributed by atoms with Gasteiger partial charge in [0.05, 0.1) is 6.04 Å². The van der Waals surface area contributed by atoms with Gasteiger partial charge in [0.25, 0.3) is 5.91 Å². The van der Waals surface area contributed by atoms with Gasteiger partial charge in [-0.1, -0.05) is 42.5 Å². The first-order chi connectivity index (χ1) is 10.1. The molecule has 1 unspecified atom stereocenters. The average Bonchev–Trinajstić information content (AvgIpc) is 2.93. The molecule has 3 rings (SSSR count). The molecule has 0 aliphatic rings. The van der Waals surface area contributed by atoms with Gasteiger partial charge in [-0.2, -0.15) is 0 Å². The molecule has 1 amide bonds. The Morgan fingerprint density at radius 3 is 2.71 bits per heavy atom. The van der Waals surface area contributed by atoms with E-state index in [4.69, 9.17) is 5.73 Å². The summed E-state index contributed by atoms with van der Waals surface area (Å²) < 4.78 is 0. The topological polar surface area (TPSA) is 70.9 Å². The van der Waals surface area contributed by atoms with Gasteiger partial charge in [0.2, 0.25) is 0 Å². The molecule has 4 N–H and O–H groups in total. The second kappa shape index (κ2) is 5.32. The summed E-state index contributed by atoms with van der Waals surface area (Å²) in [7, 11) is 0. The number of nitrogens with one attached hydrogen (secondary N) is 2. The summed E-state index contributed by atoms with van der Waals surface area (Å²) >= 11 is 0. The van der Waals surface area contributed by atoms with E-state index in [1.54, 1.807) is 12.3 Å². The molecule has 1 heterocycles. The Hall–Kier alpha value is -2.75. The monoisotopic (exact) mass is 279 g/mol. The molecule has 4 heteroatoms. The van der Waals surface area contributed by atoms with Crippen molar-refractivity contribution >= 4 is 22.4 Å². The molecule has 0 aliphatic heterocycles. The van der Waals surface area contributed by atoms with Crippen LogP contribution in [0.15, 0.2) is 54.7 Å². The molecule has 0 aliphatic carbocycles. The first-order valence-corrected chi connectivity index (χ1v) is 6.87. The lowest BCUT2D eigenvalue weighted by Crippen LogP contribution is -2.27. The number of aromatic amines is 1. The van der Waals surface area contributed by atoms with Crippen molar-refractivity contribution in [3.63, 3.8) is 0 Å². The molecule has 0 spiro atoms. The van der Waals surface area contributed by atoms with Gasteiger partial charge < -0.3 is 16.0 Å². The zero-order chi connectivity index (χ0) is 14.8. The van der Waals surface area contributed by atoms with E-state index in [1.165, 1.54) is 5.39 Å². The Bertz CT molecular complexity index is 786. The quantitative estimate of drug-likeness (QED) is 0.688. The van der Waals surface area contributed by atoms with Crippen LogP contribution < -0.4 is 11.1 Å².